The standard InChI is InChI=1S/C16H12N4O/c1-10-2-4-11(5-3-10)19-15-12-6-7-18-9-14(12)20-16(21)13(15)8-17/h2-7,9H,1H3,(H2,19,20,21). The molecule has 1 aromatic carbocycles. The summed E-state index contributed by atoms with van der Waals surface area (Å²) in [4.78, 5) is 18.6. The fourth-order valence-electron chi connectivity index (χ4n) is 2.16. The minimum Gasteiger partial charge on any atom is -0.354 e. The Labute approximate surface area is 120 Å². The van der Waals surface area contributed by atoms with Gasteiger partial charge in [-0.1, -0.05) is 17.7 Å². The molecule has 21 heavy (non-hydrogen) atoms. The molecule has 0 aliphatic rings. The zero-order valence-corrected chi connectivity index (χ0v) is 11.3. The molecular formula is C16H12N4O. The van der Waals surface area contributed by atoms with Crippen molar-refractivity contribution in [3.63, 3.8) is 0 Å². The molecule has 0 saturated carbocycles. The molecule has 0 amide bonds. The van der Waals surface area contributed by atoms with Crippen LogP contribution in [0.2, 0.25) is 0 Å². The maximum Gasteiger partial charge on any atom is 0.268 e. The van der Waals surface area contributed by atoms with Crippen molar-refractivity contribution in [3.05, 3.63) is 64.2 Å². The van der Waals surface area contributed by atoms with Crippen LogP contribution >= 0.6 is 0 Å². The summed E-state index contributed by atoms with van der Waals surface area (Å²) in [5, 5.41) is 13.2. The van der Waals surface area contributed by atoms with Gasteiger partial charge >= 0.3 is 0 Å². The molecule has 0 saturated heterocycles. The maximum atomic E-state index is 12.0. The fourth-order valence-corrected chi connectivity index (χ4v) is 2.16. The first-order chi connectivity index (χ1) is 10.2. The lowest BCUT2D eigenvalue weighted by Gasteiger charge is -2.11. The van der Waals surface area contributed by atoms with Crippen LogP contribution < -0.4 is 10.9 Å². The molecule has 2 N–H and O–H groups in total. The highest BCUT2D eigenvalue weighted by atomic mass is 16.1. The first-order valence-electron chi connectivity index (χ1n) is 6.43. The highest BCUT2D eigenvalue weighted by Crippen LogP contribution is 2.26. The fraction of sp³-hybridized carbons (Fsp3) is 0.0625. The molecule has 3 rings (SSSR count). The maximum absolute atomic E-state index is 12.0. The number of nitrogens with zero attached hydrogens (tertiary/aromatic N) is 2. The van der Waals surface area contributed by atoms with Crippen molar-refractivity contribution in [2.24, 2.45) is 0 Å². The minimum absolute atomic E-state index is 0.0641. The second-order valence-electron chi connectivity index (χ2n) is 4.73. The molecule has 0 bridgehead atoms. The summed E-state index contributed by atoms with van der Waals surface area (Å²) in [7, 11) is 0. The van der Waals surface area contributed by atoms with Crippen LogP contribution in [-0.2, 0) is 0 Å². The van der Waals surface area contributed by atoms with Crippen LogP contribution in [0.1, 0.15) is 11.1 Å². The van der Waals surface area contributed by atoms with E-state index >= 15 is 0 Å². The Morgan fingerprint density at radius 1 is 1.24 bits per heavy atom. The number of aryl methyl sites for hydroxylation is 1. The van der Waals surface area contributed by atoms with Crippen molar-refractivity contribution in [3.8, 4) is 6.07 Å². The molecule has 0 atom stereocenters. The van der Waals surface area contributed by atoms with Gasteiger partial charge in [0.15, 0.2) is 0 Å². The molecule has 2 aromatic heterocycles. The molecule has 0 unspecified atom stereocenters. The minimum atomic E-state index is -0.424. The first kappa shape index (κ1) is 12.9. The molecule has 0 spiro atoms. The molecule has 5 nitrogen and oxygen atoms in total. The summed E-state index contributed by atoms with van der Waals surface area (Å²) < 4.78 is 0. The van der Waals surface area contributed by atoms with Gasteiger partial charge in [0.2, 0.25) is 0 Å². The van der Waals surface area contributed by atoms with Gasteiger partial charge in [0.05, 0.1) is 17.4 Å². The molecule has 0 aliphatic heterocycles. The smallest absolute Gasteiger partial charge is 0.268 e. The van der Waals surface area contributed by atoms with E-state index in [-0.39, 0.29) is 5.56 Å². The third kappa shape index (κ3) is 2.35. The van der Waals surface area contributed by atoms with Crippen LogP contribution in [0, 0.1) is 18.3 Å². The van der Waals surface area contributed by atoms with Gasteiger partial charge in [-0.25, -0.2) is 0 Å². The second kappa shape index (κ2) is 5.10. The van der Waals surface area contributed by atoms with Crippen LogP contribution in [0.3, 0.4) is 0 Å². The summed E-state index contributed by atoms with van der Waals surface area (Å²) in [5.74, 6) is 0. The Kier molecular flexibility index (Phi) is 3.13. The van der Waals surface area contributed by atoms with Gasteiger partial charge in [0.25, 0.3) is 5.56 Å². The normalized spacial score (nSPS) is 10.3. The van der Waals surface area contributed by atoms with Crippen molar-refractivity contribution >= 4 is 22.3 Å². The van der Waals surface area contributed by atoms with Crippen LogP contribution in [0.4, 0.5) is 11.4 Å². The topological polar surface area (TPSA) is 81.6 Å². The number of nitrogens with one attached hydrogen (secondary N) is 2. The summed E-state index contributed by atoms with van der Waals surface area (Å²) in [6.07, 6.45) is 3.19. The predicted molar refractivity (Wildman–Crippen MR) is 81.5 cm³/mol. The van der Waals surface area contributed by atoms with Crippen molar-refractivity contribution in [2.45, 2.75) is 6.92 Å². The van der Waals surface area contributed by atoms with Crippen molar-refractivity contribution < 1.29 is 0 Å². The molecule has 0 fully saturated rings. The number of pyridine rings is 2. The van der Waals surface area contributed by atoms with E-state index in [0.29, 0.717) is 11.2 Å². The molecule has 5 heteroatoms. The number of anilines is 2. The van der Waals surface area contributed by atoms with Gasteiger partial charge in [0.1, 0.15) is 11.6 Å². The largest absolute Gasteiger partial charge is 0.354 e. The van der Waals surface area contributed by atoms with Crippen LogP contribution in [0.5, 0.6) is 0 Å². The number of H-pyrrole nitrogens is 1. The summed E-state index contributed by atoms with van der Waals surface area (Å²) in [5.41, 5.74) is 2.70. The Balaban J connectivity index is 2.22. The summed E-state index contributed by atoms with van der Waals surface area (Å²) in [6, 6.07) is 11.5. The van der Waals surface area contributed by atoms with Crippen LogP contribution in [0.25, 0.3) is 10.9 Å². The third-order valence-electron chi connectivity index (χ3n) is 3.25. The third-order valence-corrected chi connectivity index (χ3v) is 3.25. The Morgan fingerprint density at radius 2 is 2.00 bits per heavy atom. The van der Waals surface area contributed by atoms with E-state index in [2.05, 4.69) is 15.3 Å². The lowest BCUT2D eigenvalue weighted by Crippen LogP contribution is -2.13. The summed E-state index contributed by atoms with van der Waals surface area (Å²) >= 11 is 0. The number of rotatable bonds is 2. The predicted octanol–water partition coefficient (Wildman–Crippen LogP) is 2.85. The zero-order valence-electron chi connectivity index (χ0n) is 11.3. The van der Waals surface area contributed by atoms with E-state index in [4.69, 9.17) is 0 Å². The van der Waals surface area contributed by atoms with Gasteiger partial charge in [-0.05, 0) is 25.1 Å². The monoisotopic (exact) mass is 276 g/mol. The first-order valence-corrected chi connectivity index (χ1v) is 6.43. The van der Waals surface area contributed by atoms with Crippen LogP contribution in [0.15, 0.2) is 47.5 Å². The molecule has 3 aromatic rings. The van der Waals surface area contributed by atoms with E-state index in [0.717, 1.165) is 16.6 Å². The number of nitriles is 1. The van der Waals surface area contributed by atoms with Crippen molar-refractivity contribution in [2.75, 3.05) is 5.32 Å². The Bertz CT molecular complexity index is 904. The van der Waals surface area contributed by atoms with E-state index < -0.39 is 5.56 Å². The molecule has 102 valence electrons. The van der Waals surface area contributed by atoms with Gasteiger partial charge in [-0.3, -0.25) is 9.78 Å². The molecule has 0 radical (unpaired) electrons. The number of aromatic nitrogens is 2. The van der Waals surface area contributed by atoms with Crippen LogP contribution in [-0.4, -0.2) is 9.97 Å². The van der Waals surface area contributed by atoms with Gasteiger partial charge in [0, 0.05) is 17.3 Å². The van der Waals surface area contributed by atoms with Crippen molar-refractivity contribution in [1.29, 1.82) is 5.26 Å². The lowest BCUT2D eigenvalue weighted by atomic mass is 10.1. The average molecular weight is 276 g/mol. The highest BCUT2D eigenvalue weighted by Gasteiger charge is 2.12. The number of benzene rings is 1. The molecule has 2 heterocycles. The Morgan fingerprint density at radius 3 is 2.71 bits per heavy atom. The molecule has 0 aliphatic carbocycles. The quantitative estimate of drug-likeness (QED) is 0.754. The highest BCUT2D eigenvalue weighted by molar-refractivity contribution is 5.95. The number of hydrogen-bond acceptors (Lipinski definition) is 4. The van der Waals surface area contributed by atoms with Gasteiger partial charge in [-0.2, -0.15) is 5.26 Å². The van der Waals surface area contributed by atoms with E-state index in [1.54, 1.807) is 18.5 Å². The van der Waals surface area contributed by atoms with Gasteiger partial charge < -0.3 is 10.3 Å². The van der Waals surface area contributed by atoms with E-state index in [1.807, 2.05) is 37.3 Å². The van der Waals surface area contributed by atoms with Gasteiger partial charge in [-0.15, -0.1) is 0 Å². The average Bonchev–Trinajstić information content (AvgIpc) is 2.49. The number of fused-ring (bicyclic) bond motifs is 1. The van der Waals surface area contributed by atoms with E-state index in [9.17, 15) is 10.1 Å². The van der Waals surface area contributed by atoms with Crippen molar-refractivity contribution in [1.82, 2.24) is 9.97 Å². The zero-order chi connectivity index (χ0) is 14.8. The summed E-state index contributed by atoms with van der Waals surface area (Å²) in [6.45, 7) is 2.00. The Hall–Kier alpha value is -3.13. The number of hydrogen-bond donors (Lipinski definition) is 2. The SMILES string of the molecule is Cc1ccc(Nc2c(C#N)c(=O)[nH]c3cnccc23)cc1. The molecular weight excluding hydrogens is 264 g/mol. The number of aromatic amines is 1. The second-order valence-corrected chi connectivity index (χ2v) is 4.73. The lowest BCUT2D eigenvalue weighted by molar-refractivity contribution is 1.24. The van der Waals surface area contributed by atoms with E-state index in [1.165, 1.54) is 0 Å².